The van der Waals surface area contributed by atoms with E-state index >= 15 is 0 Å². The van der Waals surface area contributed by atoms with Crippen LogP contribution in [-0.2, 0) is 16.8 Å². The van der Waals surface area contributed by atoms with Crippen molar-refractivity contribution in [2.24, 2.45) is 5.73 Å². The highest BCUT2D eigenvalue weighted by atomic mass is 19.1. The number of carbonyl (C=O) groups is 1. The molecule has 1 aromatic carbocycles. The van der Waals surface area contributed by atoms with Crippen LogP contribution in [0.4, 0.5) is 4.39 Å². The average Bonchev–Trinajstić information content (AvgIpc) is 2.15. The summed E-state index contributed by atoms with van der Waals surface area (Å²) in [7, 11) is 0. The molecule has 0 heterocycles. The summed E-state index contributed by atoms with van der Waals surface area (Å²) in [5.41, 5.74) is 5.47. The summed E-state index contributed by atoms with van der Waals surface area (Å²) in [6.45, 7) is 0.131. The number of nitrogens with two attached hydrogens (primary N) is 1. The fourth-order valence-electron chi connectivity index (χ4n) is 2.17. The third-order valence-corrected chi connectivity index (χ3v) is 3.44. The second-order valence-electron chi connectivity index (χ2n) is 4.25. The van der Waals surface area contributed by atoms with E-state index in [0.717, 1.165) is 6.42 Å². The molecule has 0 aliphatic heterocycles. The quantitative estimate of drug-likeness (QED) is 0.821. The molecule has 0 bridgehead atoms. The van der Waals surface area contributed by atoms with Gasteiger partial charge >= 0.3 is 5.97 Å². The molecule has 0 aromatic heterocycles. The molecule has 1 saturated carbocycles. The zero-order valence-electron chi connectivity index (χ0n) is 8.87. The summed E-state index contributed by atoms with van der Waals surface area (Å²) in [6.07, 6.45) is 2.06. The Labute approximate surface area is 93.1 Å². The zero-order valence-corrected chi connectivity index (χ0v) is 8.87. The molecule has 1 aliphatic rings. The first-order valence-corrected chi connectivity index (χ1v) is 5.32. The molecule has 3 N–H and O–H groups in total. The van der Waals surface area contributed by atoms with Gasteiger partial charge in [-0.2, -0.15) is 0 Å². The molecule has 0 atom stereocenters. The van der Waals surface area contributed by atoms with E-state index in [1.54, 1.807) is 12.1 Å². The van der Waals surface area contributed by atoms with Crippen molar-refractivity contribution in [2.75, 3.05) is 0 Å². The van der Waals surface area contributed by atoms with Crippen LogP contribution >= 0.6 is 0 Å². The minimum atomic E-state index is -0.867. The van der Waals surface area contributed by atoms with E-state index in [0.29, 0.717) is 24.0 Å². The highest BCUT2D eigenvalue weighted by Gasteiger charge is 2.46. The summed E-state index contributed by atoms with van der Waals surface area (Å²) in [5.74, 6) is -1.27. The van der Waals surface area contributed by atoms with Crippen molar-refractivity contribution < 1.29 is 14.3 Å². The van der Waals surface area contributed by atoms with E-state index in [1.165, 1.54) is 6.07 Å². The maximum atomic E-state index is 13.5. The van der Waals surface area contributed by atoms with Crippen LogP contribution in [0.2, 0.25) is 0 Å². The van der Waals surface area contributed by atoms with Crippen LogP contribution < -0.4 is 5.73 Å². The van der Waals surface area contributed by atoms with E-state index in [4.69, 9.17) is 5.73 Å². The highest BCUT2D eigenvalue weighted by Crippen LogP contribution is 2.44. The molecule has 4 heteroatoms. The van der Waals surface area contributed by atoms with Crippen LogP contribution in [0.25, 0.3) is 0 Å². The van der Waals surface area contributed by atoms with Crippen molar-refractivity contribution in [3.05, 3.63) is 35.1 Å². The lowest BCUT2D eigenvalue weighted by Crippen LogP contribution is -2.42. The first-order valence-electron chi connectivity index (χ1n) is 5.32. The molecule has 1 aromatic rings. The second-order valence-corrected chi connectivity index (χ2v) is 4.25. The zero-order chi connectivity index (χ0) is 11.8. The lowest BCUT2D eigenvalue weighted by atomic mass is 9.64. The van der Waals surface area contributed by atoms with Crippen molar-refractivity contribution in [3.8, 4) is 0 Å². The summed E-state index contributed by atoms with van der Waals surface area (Å²) in [5, 5.41) is 9.21. The standard InChI is InChI=1S/C12H14FNO2/c13-10-6-9(3-2-8(10)7-14)12(11(15)16)4-1-5-12/h2-3,6H,1,4-5,7,14H2,(H,15,16). The molecule has 16 heavy (non-hydrogen) atoms. The molecule has 0 saturated heterocycles. The average molecular weight is 223 g/mol. The van der Waals surface area contributed by atoms with Crippen LogP contribution in [0.15, 0.2) is 18.2 Å². The largest absolute Gasteiger partial charge is 0.481 e. The molecule has 2 rings (SSSR count). The number of hydrogen-bond donors (Lipinski definition) is 2. The number of carboxylic acids is 1. The first-order chi connectivity index (χ1) is 7.60. The van der Waals surface area contributed by atoms with E-state index < -0.39 is 17.2 Å². The Kier molecular flexibility index (Phi) is 2.68. The van der Waals surface area contributed by atoms with Crippen molar-refractivity contribution in [1.29, 1.82) is 0 Å². The molecule has 0 spiro atoms. The molecule has 3 nitrogen and oxygen atoms in total. The van der Waals surface area contributed by atoms with Gasteiger partial charge in [0.15, 0.2) is 0 Å². The summed E-state index contributed by atoms with van der Waals surface area (Å²) in [6, 6.07) is 4.57. The van der Waals surface area contributed by atoms with E-state index in [-0.39, 0.29) is 6.54 Å². The van der Waals surface area contributed by atoms with Crippen LogP contribution in [0.1, 0.15) is 30.4 Å². The van der Waals surface area contributed by atoms with Gasteiger partial charge in [0.25, 0.3) is 0 Å². The molecule has 0 unspecified atom stereocenters. The predicted octanol–water partition coefficient (Wildman–Crippen LogP) is 1.79. The smallest absolute Gasteiger partial charge is 0.314 e. The van der Waals surface area contributed by atoms with Gasteiger partial charge in [-0.1, -0.05) is 18.6 Å². The van der Waals surface area contributed by atoms with Gasteiger partial charge in [-0.25, -0.2) is 4.39 Å². The van der Waals surface area contributed by atoms with Crippen LogP contribution in [0, 0.1) is 5.82 Å². The van der Waals surface area contributed by atoms with Crippen LogP contribution in [0.5, 0.6) is 0 Å². The number of rotatable bonds is 3. The van der Waals surface area contributed by atoms with Gasteiger partial charge in [0.1, 0.15) is 5.82 Å². The molecule has 1 aliphatic carbocycles. The molecule has 0 radical (unpaired) electrons. The minimum Gasteiger partial charge on any atom is -0.481 e. The Morgan fingerprint density at radius 1 is 1.50 bits per heavy atom. The minimum absolute atomic E-state index is 0.131. The summed E-state index contributed by atoms with van der Waals surface area (Å²) < 4.78 is 13.5. The maximum Gasteiger partial charge on any atom is 0.314 e. The number of aliphatic carboxylic acids is 1. The Balaban J connectivity index is 2.40. The van der Waals surface area contributed by atoms with Crippen molar-refractivity contribution in [2.45, 2.75) is 31.2 Å². The van der Waals surface area contributed by atoms with E-state index in [1.807, 2.05) is 0 Å². The van der Waals surface area contributed by atoms with Gasteiger partial charge in [0.05, 0.1) is 5.41 Å². The van der Waals surface area contributed by atoms with E-state index in [9.17, 15) is 14.3 Å². The Morgan fingerprint density at radius 3 is 2.56 bits per heavy atom. The molecule has 86 valence electrons. The Morgan fingerprint density at radius 2 is 2.19 bits per heavy atom. The second kappa shape index (κ2) is 3.87. The number of benzene rings is 1. The van der Waals surface area contributed by atoms with Crippen molar-refractivity contribution in [1.82, 2.24) is 0 Å². The molecule has 0 amide bonds. The molecule has 1 fully saturated rings. The predicted molar refractivity (Wildman–Crippen MR) is 57.5 cm³/mol. The Bertz CT molecular complexity index is 427. The third kappa shape index (κ3) is 1.50. The molecular weight excluding hydrogens is 209 g/mol. The number of halogens is 1. The van der Waals surface area contributed by atoms with Crippen molar-refractivity contribution >= 4 is 5.97 Å². The Hall–Kier alpha value is -1.42. The van der Waals surface area contributed by atoms with Gasteiger partial charge in [-0.15, -0.1) is 0 Å². The SMILES string of the molecule is NCc1ccc(C2(C(=O)O)CCC2)cc1F. The van der Waals surface area contributed by atoms with Gasteiger partial charge in [0.2, 0.25) is 0 Å². The topological polar surface area (TPSA) is 63.3 Å². The van der Waals surface area contributed by atoms with Gasteiger partial charge in [0, 0.05) is 12.1 Å². The number of hydrogen-bond acceptors (Lipinski definition) is 2. The van der Waals surface area contributed by atoms with Crippen LogP contribution in [-0.4, -0.2) is 11.1 Å². The summed E-state index contributed by atoms with van der Waals surface area (Å²) >= 11 is 0. The van der Waals surface area contributed by atoms with Gasteiger partial charge in [-0.05, 0) is 24.5 Å². The lowest BCUT2D eigenvalue weighted by Gasteiger charge is -2.38. The van der Waals surface area contributed by atoms with Gasteiger partial charge < -0.3 is 10.8 Å². The number of carboxylic acid groups (broad SMARTS) is 1. The van der Waals surface area contributed by atoms with Gasteiger partial charge in [-0.3, -0.25) is 4.79 Å². The van der Waals surface area contributed by atoms with Crippen LogP contribution in [0.3, 0.4) is 0 Å². The first kappa shape index (κ1) is 11.1. The molecular formula is C12H14FNO2. The highest BCUT2D eigenvalue weighted by molar-refractivity contribution is 5.82. The fraction of sp³-hybridized carbons (Fsp3) is 0.417. The monoisotopic (exact) mass is 223 g/mol. The summed E-state index contributed by atoms with van der Waals surface area (Å²) in [4.78, 5) is 11.2. The maximum absolute atomic E-state index is 13.5. The third-order valence-electron chi connectivity index (χ3n) is 3.44. The lowest BCUT2D eigenvalue weighted by molar-refractivity contribution is -0.147. The van der Waals surface area contributed by atoms with Crippen molar-refractivity contribution in [3.63, 3.8) is 0 Å². The fourth-order valence-corrected chi connectivity index (χ4v) is 2.17. The normalized spacial score (nSPS) is 17.9. The van der Waals surface area contributed by atoms with E-state index in [2.05, 4.69) is 0 Å².